The van der Waals surface area contributed by atoms with Gasteiger partial charge in [-0.05, 0) is 66.2 Å². The Hall–Kier alpha value is -2.44. The van der Waals surface area contributed by atoms with Crippen LogP contribution in [0.15, 0.2) is 36.4 Å². The third-order valence-corrected chi connectivity index (χ3v) is 5.40. The molecule has 3 aromatic rings. The predicted octanol–water partition coefficient (Wildman–Crippen LogP) is 3.63. The van der Waals surface area contributed by atoms with E-state index in [-0.39, 0.29) is 17.5 Å². The number of fused-ring (bicyclic) bond motifs is 2. The third kappa shape index (κ3) is 3.17. The lowest BCUT2D eigenvalue weighted by Gasteiger charge is -2.15. The molecule has 0 aliphatic carbocycles. The van der Waals surface area contributed by atoms with Crippen molar-refractivity contribution in [1.82, 2.24) is 4.57 Å². The van der Waals surface area contributed by atoms with E-state index in [0.717, 1.165) is 38.9 Å². The SMILES string of the molecule is CC(=O)CCc1c(C(C)C)n(-c2ccc(F)cc2)c2cc3c(cc12)B(O)OC3. The Morgan fingerprint density at radius 3 is 2.64 bits per heavy atom. The van der Waals surface area contributed by atoms with Crippen molar-refractivity contribution in [1.29, 1.82) is 0 Å². The summed E-state index contributed by atoms with van der Waals surface area (Å²) in [4.78, 5) is 11.7. The third-order valence-electron chi connectivity index (χ3n) is 5.40. The molecular formula is C22H23BFNO3. The number of ketones is 1. The summed E-state index contributed by atoms with van der Waals surface area (Å²) in [6, 6.07) is 10.5. The first-order valence-corrected chi connectivity index (χ1v) is 9.62. The maximum atomic E-state index is 13.5. The Labute approximate surface area is 164 Å². The van der Waals surface area contributed by atoms with E-state index in [0.29, 0.717) is 19.4 Å². The Kier molecular flexibility index (Phi) is 4.85. The molecule has 2 heterocycles. The van der Waals surface area contributed by atoms with Crippen LogP contribution >= 0.6 is 0 Å². The molecule has 144 valence electrons. The second kappa shape index (κ2) is 7.19. The molecule has 0 atom stereocenters. The van der Waals surface area contributed by atoms with Crippen molar-refractivity contribution in [3.8, 4) is 5.69 Å². The van der Waals surface area contributed by atoms with Crippen molar-refractivity contribution < 1.29 is 18.9 Å². The number of halogens is 1. The minimum absolute atomic E-state index is 0.141. The smallest absolute Gasteiger partial charge is 0.423 e. The van der Waals surface area contributed by atoms with E-state index in [9.17, 15) is 14.2 Å². The van der Waals surface area contributed by atoms with Crippen LogP contribution in [0.2, 0.25) is 0 Å². The second-order valence-electron chi connectivity index (χ2n) is 7.76. The van der Waals surface area contributed by atoms with E-state index in [1.54, 1.807) is 19.1 Å². The zero-order valence-corrected chi connectivity index (χ0v) is 16.3. The van der Waals surface area contributed by atoms with Crippen LogP contribution in [0.4, 0.5) is 4.39 Å². The van der Waals surface area contributed by atoms with Gasteiger partial charge in [-0.25, -0.2) is 4.39 Å². The second-order valence-corrected chi connectivity index (χ2v) is 7.76. The van der Waals surface area contributed by atoms with Gasteiger partial charge in [-0.1, -0.05) is 19.9 Å². The summed E-state index contributed by atoms with van der Waals surface area (Å²) in [6.45, 7) is 6.21. The molecule has 0 saturated heterocycles. The standard InChI is InChI=1S/C22H23BFNO3/c1-13(2)22-18(9-4-14(3)26)19-11-20-15(12-28-23(20)27)10-21(19)25(22)17-7-5-16(24)6-8-17/h5-8,10-11,13,27H,4,9,12H2,1-3H3. The number of rotatable bonds is 5. The highest BCUT2D eigenvalue weighted by atomic mass is 19.1. The summed E-state index contributed by atoms with van der Waals surface area (Å²) in [7, 11) is -0.920. The monoisotopic (exact) mass is 379 g/mol. The summed E-state index contributed by atoms with van der Waals surface area (Å²) in [5.74, 6) is 0.0675. The van der Waals surface area contributed by atoms with Crippen LogP contribution in [0.25, 0.3) is 16.6 Å². The Balaban J connectivity index is 2.03. The number of carbonyl (C=O) groups excluding carboxylic acids is 1. The molecule has 0 radical (unpaired) electrons. The lowest BCUT2D eigenvalue weighted by Crippen LogP contribution is -2.27. The van der Waals surface area contributed by atoms with Crippen LogP contribution in [-0.2, 0) is 22.5 Å². The van der Waals surface area contributed by atoms with Gasteiger partial charge >= 0.3 is 7.12 Å². The topological polar surface area (TPSA) is 51.5 Å². The molecular weight excluding hydrogens is 356 g/mol. The first-order chi connectivity index (χ1) is 13.4. The van der Waals surface area contributed by atoms with Crippen molar-refractivity contribution in [2.24, 2.45) is 0 Å². The van der Waals surface area contributed by atoms with E-state index < -0.39 is 7.12 Å². The molecule has 1 aliphatic rings. The van der Waals surface area contributed by atoms with Crippen LogP contribution in [0.3, 0.4) is 0 Å². The summed E-state index contributed by atoms with van der Waals surface area (Å²) in [5, 5.41) is 11.2. The van der Waals surface area contributed by atoms with Crippen LogP contribution in [0.1, 0.15) is 49.9 Å². The van der Waals surface area contributed by atoms with Crippen molar-refractivity contribution in [2.45, 2.75) is 46.1 Å². The van der Waals surface area contributed by atoms with E-state index in [1.807, 2.05) is 12.1 Å². The van der Waals surface area contributed by atoms with Crippen molar-refractivity contribution in [3.05, 3.63) is 59.0 Å². The highest BCUT2D eigenvalue weighted by Crippen LogP contribution is 2.36. The molecule has 1 aromatic heterocycles. The molecule has 28 heavy (non-hydrogen) atoms. The summed E-state index contributed by atoms with van der Waals surface area (Å²) in [6.07, 6.45) is 1.08. The minimum atomic E-state index is -0.920. The number of aryl methyl sites for hydroxylation is 1. The summed E-state index contributed by atoms with van der Waals surface area (Å²) < 4.78 is 21.1. The minimum Gasteiger partial charge on any atom is -0.423 e. The van der Waals surface area contributed by atoms with Gasteiger partial charge in [-0.2, -0.15) is 0 Å². The predicted molar refractivity (Wildman–Crippen MR) is 109 cm³/mol. The molecule has 0 spiro atoms. The first-order valence-electron chi connectivity index (χ1n) is 9.62. The van der Waals surface area contributed by atoms with Crippen LogP contribution in [0, 0.1) is 5.82 Å². The summed E-state index contributed by atoms with van der Waals surface area (Å²) in [5.41, 5.74) is 5.82. The number of aromatic nitrogens is 1. The van der Waals surface area contributed by atoms with Crippen LogP contribution in [-0.4, -0.2) is 22.5 Å². The molecule has 1 N–H and O–H groups in total. The Morgan fingerprint density at radius 2 is 2.00 bits per heavy atom. The number of benzene rings is 2. The maximum absolute atomic E-state index is 13.5. The van der Waals surface area contributed by atoms with Gasteiger partial charge < -0.3 is 19.0 Å². The van der Waals surface area contributed by atoms with Crippen LogP contribution < -0.4 is 5.46 Å². The lowest BCUT2D eigenvalue weighted by atomic mass is 9.78. The molecule has 0 saturated carbocycles. The van der Waals surface area contributed by atoms with Gasteiger partial charge in [-0.3, -0.25) is 0 Å². The molecule has 0 fully saturated rings. The van der Waals surface area contributed by atoms with Crippen LogP contribution in [0.5, 0.6) is 0 Å². The van der Waals surface area contributed by atoms with Gasteiger partial charge in [0.15, 0.2) is 0 Å². The van der Waals surface area contributed by atoms with E-state index in [4.69, 9.17) is 4.65 Å². The fraction of sp³-hybridized carbons (Fsp3) is 0.318. The highest BCUT2D eigenvalue weighted by Gasteiger charge is 2.30. The van der Waals surface area contributed by atoms with Gasteiger partial charge in [0, 0.05) is 23.2 Å². The fourth-order valence-corrected chi connectivity index (χ4v) is 4.13. The molecule has 0 amide bonds. The molecule has 2 aromatic carbocycles. The maximum Gasteiger partial charge on any atom is 0.491 e. The molecule has 6 heteroatoms. The van der Waals surface area contributed by atoms with Crippen molar-refractivity contribution in [3.63, 3.8) is 0 Å². The lowest BCUT2D eigenvalue weighted by molar-refractivity contribution is -0.116. The van der Waals surface area contributed by atoms with Crippen molar-refractivity contribution >= 4 is 29.3 Å². The number of Topliss-reactive ketones (excluding diaryl/α,β-unsaturated/α-hetero) is 1. The van der Waals surface area contributed by atoms with Gasteiger partial charge in [-0.15, -0.1) is 0 Å². The van der Waals surface area contributed by atoms with E-state index in [1.165, 1.54) is 12.1 Å². The zero-order valence-electron chi connectivity index (χ0n) is 16.3. The number of nitrogens with zero attached hydrogens (tertiary/aromatic N) is 1. The molecule has 4 nitrogen and oxygen atoms in total. The average Bonchev–Trinajstić information content (AvgIpc) is 3.17. The molecule has 1 aliphatic heterocycles. The van der Waals surface area contributed by atoms with Gasteiger partial charge in [0.05, 0.1) is 12.1 Å². The molecule has 4 rings (SSSR count). The molecule has 0 bridgehead atoms. The molecule has 0 unspecified atom stereocenters. The number of hydrogen-bond donors (Lipinski definition) is 1. The van der Waals surface area contributed by atoms with Gasteiger partial charge in [0.25, 0.3) is 0 Å². The Bertz CT molecular complexity index is 1060. The van der Waals surface area contributed by atoms with Gasteiger partial charge in [0.2, 0.25) is 0 Å². The number of carbonyl (C=O) groups is 1. The first kappa shape index (κ1) is 18.9. The van der Waals surface area contributed by atoms with E-state index in [2.05, 4.69) is 18.4 Å². The average molecular weight is 379 g/mol. The number of hydrogen-bond acceptors (Lipinski definition) is 3. The van der Waals surface area contributed by atoms with Gasteiger partial charge in [0.1, 0.15) is 11.6 Å². The zero-order chi connectivity index (χ0) is 20.0. The highest BCUT2D eigenvalue weighted by molar-refractivity contribution is 6.61. The fourth-order valence-electron chi connectivity index (χ4n) is 4.13. The van der Waals surface area contributed by atoms with Crippen molar-refractivity contribution in [2.75, 3.05) is 0 Å². The summed E-state index contributed by atoms with van der Waals surface area (Å²) >= 11 is 0. The normalized spacial score (nSPS) is 13.6. The quantitative estimate of drug-likeness (QED) is 0.689. The Morgan fingerprint density at radius 1 is 1.29 bits per heavy atom. The largest absolute Gasteiger partial charge is 0.491 e. The van der Waals surface area contributed by atoms with E-state index >= 15 is 0 Å².